The van der Waals surface area contributed by atoms with Crippen molar-refractivity contribution in [2.24, 2.45) is 0 Å². The van der Waals surface area contributed by atoms with Gasteiger partial charge in [-0.25, -0.2) is 0 Å². The molecule has 0 saturated heterocycles. The molecule has 2 heteroatoms. The van der Waals surface area contributed by atoms with Crippen LogP contribution in [0.1, 0.15) is 20.8 Å². The molecule has 1 nitrogen and oxygen atoms in total. The monoisotopic (exact) mass is 268 g/mol. The maximum Gasteiger partial charge on any atom is 0.132 e. The van der Waals surface area contributed by atoms with Crippen LogP contribution in [0.2, 0.25) is 0 Å². The summed E-state index contributed by atoms with van der Waals surface area (Å²) in [6.07, 6.45) is 0. The van der Waals surface area contributed by atoms with Crippen molar-refractivity contribution in [3.05, 3.63) is 54.6 Å². The van der Waals surface area contributed by atoms with Gasteiger partial charge in [-0.2, -0.15) is 0 Å². The maximum absolute atomic E-state index is 2.29. The lowest BCUT2D eigenvalue weighted by Gasteiger charge is -2.35. The fourth-order valence-electron chi connectivity index (χ4n) is 2.82. The molecular weight excluding hydrogens is 241 g/mol. The van der Waals surface area contributed by atoms with Gasteiger partial charge in [0, 0.05) is 0 Å². The van der Waals surface area contributed by atoms with Gasteiger partial charge in [-0.1, -0.05) is 30.3 Å². The summed E-state index contributed by atoms with van der Waals surface area (Å²) in [7, 11) is 0. The minimum atomic E-state index is 0. The van der Waals surface area contributed by atoms with E-state index in [0.717, 1.165) is 24.1 Å². The topological polar surface area (TPSA) is 0 Å². The minimum Gasteiger partial charge on any atom is -0.292 e. The smallest absolute Gasteiger partial charge is 0.132 e. The molecular formula is C18H27BN+. The second kappa shape index (κ2) is 7.30. The molecule has 2 aromatic carbocycles. The molecule has 2 rings (SSSR count). The molecule has 0 fully saturated rings. The van der Waals surface area contributed by atoms with Crippen molar-refractivity contribution in [1.82, 2.24) is 4.48 Å². The normalized spacial score (nSPS) is 10.9. The van der Waals surface area contributed by atoms with E-state index in [2.05, 4.69) is 75.4 Å². The van der Waals surface area contributed by atoms with Crippen LogP contribution in [-0.4, -0.2) is 28.0 Å². The fourth-order valence-corrected chi connectivity index (χ4v) is 2.82. The summed E-state index contributed by atoms with van der Waals surface area (Å²) in [5, 5.41) is 0. The number of benzene rings is 2. The molecule has 0 aliphatic carbocycles. The Hall–Kier alpha value is -1.54. The van der Waals surface area contributed by atoms with Crippen molar-refractivity contribution in [2.75, 3.05) is 19.6 Å². The number of nitrogens with zero attached hydrogens (tertiary/aromatic N) is 1. The van der Waals surface area contributed by atoms with E-state index >= 15 is 0 Å². The highest BCUT2D eigenvalue weighted by molar-refractivity contribution is 5.75. The molecule has 0 N–H and O–H groups in total. The average molecular weight is 268 g/mol. The van der Waals surface area contributed by atoms with Crippen LogP contribution in [0.25, 0.3) is 11.1 Å². The Morgan fingerprint density at radius 1 is 0.650 bits per heavy atom. The molecule has 0 saturated carbocycles. The van der Waals surface area contributed by atoms with Crippen molar-refractivity contribution in [1.29, 1.82) is 0 Å². The highest BCUT2D eigenvalue weighted by atomic mass is 15.3. The third kappa shape index (κ3) is 3.13. The van der Waals surface area contributed by atoms with Crippen molar-refractivity contribution in [3.63, 3.8) is 0 Å². The predicted molar refractivity (Wildman–Crippen MR) is 95.2 cm³/mol. The first kappa shape index (κ1) is 16.5. The Balaban J connectivity index is 0.00000200. The molecule has 0 aliphatic heterocycles. The molecule has 0 aromatic heterocycles. The summed E-state index contributed by atoms with van der Waals surface area (Å²) < 4.78 is 1.06. The summed E-state index contributed by atoms with van der Waals surface area (Å²) >= 11 is 0. The quantitative estimate of drug-likeness (QED) is 0.575. The van der Waals surface area contributed by atoms with Gasteiger partial charge in [-0.3, -0.25) is 4.48 Å². The Kier molecular flexibility index (Phi) is 6.03. The number of hydrogen-bond donors (Lipinski definition) is 0. The molecule has 0 radical (unpaired) electrons. The van der Waals surface area contributed by atoms with Gasteiger partial charge < -0.3 is 0 Å². The highest BCUT2D eigenvalue weighted by Crippen LogP contribution is 2.27. The zero-order valence-electron chi connectivity index (χ0n) is 12.3. The molecule has 0 heterocycles. The van der Waals surface area contributed by atoms with E-state index in [1.54, 1.807) is 0 Å². The van der Waals surface area contributed by atoms with Crippen LogP contribution in [0.15, 0.2) is 54.6 Å². The zero-order chi connectivity index (χ0) is 13.7. The van der Waals surface area contributed by atoms with E-state index in [4.69, 9.17) is 0 Å². The largest absolute Gasteiger partial charge is 0.292 e. The lowest BCUT2D eigenvalue weighted by molar-refractivity contribution is 0.316. The average Bonchev–Trinajstić information content (AvgIpc) is 2.51. The minimum absolute atomic E-state index is 0. The second-order valence-corrected chi connectivity index (χ2v) is 5.01. The lowest BCUT2D eigenvalue weighted by atomic mass is 10.0. The van der Waals surface area contributed by atoms with Gasteiger partial charge in [0.25, 0.3) is 0 Å². The van der Waals surface area contributed by atoms with E-state index in [-0.39, 0.29) is 8.41 Å². The third-order valence-electron chi connectivity index (χ3n) is 4.34. The van der Waals surface area contributed by atoms with Gasteiger partial charge in [-0.15, -0.1) is 0 Å². The van der Waals surface area contributed by atoms with E-state index in [1.807, 2.05) is 0 Å². The van der Waals surface area contributed by atoms with Crippen molar-refractivity contribution >= 4 is 14.1 Å². The van der Waals surface area contributed by atoms with Crippen molar-refractivity contribution in [3.8, 4) is 11.1 Å². The van der Waals surface area contributed by atoms with Crippen LogP contribution in [0, 0.1) is 0 Å². The standard InChI is InChI=1S/C18H24N.BH3/c1-4-19(5-2,6-3)18-14-12-17(13-15-18)16-10-8-7-9-11-16;/h7-15H,4-6H2,1-3H3;1H3/q+1;. The molecule has 20 heavy (non-hydrogen) atoms. The summed E-state index contributed by atoms with van der Waals surface area (Å²) in [6, 6.07) is 19.6. The summed E-state index contributed by atoms with van der Waals surface area (Å²) in [5.41, 5.74) is 4.01. The van der Waals surface area contributed by atoms with Crippen LogP contribution in [0.5, 0.6) is 0 Å². The van der Waals surface area contributed by atoms with Gasteiger partial charge >= 0.3 is 0 Å². The van der Waals surface area contributed by atoms with Crippen molar-refractivity contribution in [2.45, 2.75) is 20.8 Å². The second-order valence-electron chi connectivity index (χ2n) is 5.01. The first-order valence-electron chi connectivity index (χ1n) is 7.28. The van der Waals surface area contributed by atoms with Gasteiger partial charge in [0.15, 0.2) is 0 Å². The van der Waals surface area contributed by atoms with Crippen LogP contribution in [0.3, 0.4) is 0 Å². The molecule has 0 spiro atoms. The van der Waals surface area contributed by atoms with Crippen LogP contribution < -0.4 is 4.48 Å². The Bertz CT molecular complexity index is 492. The lowest BCUT2D eigenvalue weighted by Crippen LogP contribution is -2.48. The fraction of sp³-hybridized carbons (Fsp3) is 0.333. The summed E-state index contributed by atoms with van der Waals surface area (Å²) in [5.74, 6) is 0. The Labute approximate surface area is 125 Å². The van der Waals surface area contributed by atoms with Crippen LogP contribution >= 0.6 is 0 Å². The number of rotatable bonds is 5. The van der Waals surface area contributed by atoms with Gasteiger partial charge in [0.1, 0.15) is 5.69 Å². The van der Waals surface area contributed by atoms with E-state index < -0.39 is 0 Å². The van der Waals surface area contributed by atoms with E-state index in [1.165, 1.54) is 16.8 Å². The Morgan fingerprint density at radius 2 is 1.10 bits per heavy atom. The SMILES string of the molecule is B.CC[N+](CC)(CC)c1ccc(-c2ccccc2)cc1. The number of quaternary nitrogens is 1. The first-order valence-corrected chi connectivity index (χ1v) is 7.28. The van der Waals surface area contributed by atoms with Gasteiger partial charge in [-0.05, 0) is 56.2 Å². The summed E-state index contributed by atoms with van der Waals surface area (Å²) in [4.78, 5) is 0. The van der Waals surface area contributed by atoms with Crippen LogP contribution in [0.4, 0.5) is 5.69 Å². The molecule has 106 valence electrons. The van der Waals surface area contributed by atoms with Gasteiger partial charge in [0.2, 0.25) is 0 Å². The number of hydrogen-bond acceptors (Lipinski definition) is 0. The van der Waals surface area contributed by atoms with E-state index in [0.29, 0.717) is 0 Å². The highest BCUT2D eigenvalue weighted by Gasteiger charge is 2.23. The van der Waals surface area contributed by atoms with E-state index in [9.17, 15) is 0 Å². The molecule has 0 aliphatic rings. The predicted octanol–water partition coefficient (Wildman–Crippen LogP) is 3.54. The first-order chi connectivity index (χ1) is 9.25. The zero-order valence-corrected chi connectivity index (χ0v) is 12.3. The molecule has 0 amide bonds. The van der Waals surface area contributed by atoms with Crippen LogP contribution in [-0.2, 0) is 0 Å². The third-order valence-corrected chi connectivity index (χ3v) is 4.34. The Morgan fingerprint density at radius 3 is 1.55 bits per heavy atom. The molecule has 0 bridgehead atoms. The maximum atomic E-state index is 2.29. The van der Waals surface area contributed by atoms with Gasteiger partial charge in [0.05, 0.1) is 28.0 Å². The molecule has 2 aromatic rings. The summed E-state index contributed by atoms with van der Waals surface area (Å²) in [6.45, 7) is 10.3. The molecule has 0 unspecified atom stereocenters. The van der Waals surface area contributed by atoms with Crippen molar-refractivity contribution < 1.29 is 0 Å². The molecule has 0 atom stereocenters.